The first-order valence-electron chi connectivity index (χ1n) is 6.34. The first-order chi connectivity index (χ1) is 8.08. The predicted molar refractivity (Wildman–Crippen MR) is 66.7 cm³/mol. The van der Waals surface area contributed by atoms with Gasteiger partial charge in [0.05, 0.1) is 12.0 Å². The molecule has 0 aromatic carbocycles. The Morgan fingerprint density at radius 3 is 2.88 bits per heavy atom. The third-order valence-corrected chi connectivity index (χ3v) is 3.66. The lowest BCUT2D eigenvalue weighted by Gasteiger charge is -2.31. The zero-order chi connectivity index (χ0) is 12.4. The number of hydrogen-bond donors (Lipinski definition) is 0. The molecule has 0 bridgehead atoms. The van der Waals surface area contributed by atoms with Crippen molar-refractivity contribution in [3.63, 3.8) is 0 Å². The Labute approximate surface area is 103 Å². The number of carbonyl (C=O) groups is 1. The Bertz CT molecular complexity index is 411. The molecule has 1 amide bonds. The number of piperidine rings is 1. The van der Waals surface area contributed by atoms with E-state index in [1.807, 2.05) is 23.3 Å². The minimum atomic E-state index is 0.219. The molecule has 4 heteroatoms. The van der Waals surface area contributed by atoms with Gasteiger partial charge in [-0.2, -0.15) is 0 Å². The highest BCUT2D eigenvalue weighted by Crippen LogP contribution is 2.16. The number of carbonyl (C=O) groups excluding carboxylic acids is 1. The van der Waals surface area contributed by atoms with Crippen LogP contribution in [0, 0.1) is 19.8 Å². The van der Waals surface area contributed by atoms with Gasteiger partial charge in [-0.15, -0.1) is 0 Å². The van der Waals surface area contributed by atoms with Gasteiger partial charge in [0.2, 0.25) is 5.91 Å². The van der Waals surface area contributed by atoms with E-state index < -0.39 is 0 Å². The molecule has 0 aliphatic carbocycles. The van der Waals surface area contributed by atoms with Crippen LogP contribution in [0.15, 0.2) is 6.33 Å². The Balaban J connectivity index is 1.99. The van der Waals surface area contributed by atoms with Crippen LogP contribution in [0.5, 0.6) is 0 Å². The third-order valence-electron chi connectivity index (χ3n) is 3.66. The highest BCUT2D eigenvalue weighted by Gasteiger charge is 2.21. The van der Waals surface area contributed by atoms with Gasteiger partial charge in [-0.05, 0) is 32.6 Å². The molecule has 2 rings (SSSR count). The number of rotatable bonds is 2. The topological polar surface area (TPSA) is 38.1 Å². The van der Waals surface area contributed by atoms with Crippen LogP contribution in [0.25, 0.3) is 0 Å². The van der Waals surface area contributed by atoms with E-state index in [9.17, 15) is 4.79 Å². The lowest BCUT2D eigenvalue weighted by Crippen LogP contribution is -2.40. The molecule has 1 aromatic rings. The van der Waals surface area contributed by atoms with Crippen LogP contribution in [-0.4, -0.2) is 33.4 Å². The summed E-state index contributed by atoms with van der Waals surface area (Å²) in [6, 6.07) is 0. The number of imidazole rings is 1. The summed E-state index contributed by atoms with van der Waals surface area (Å²) < 4.78 is 1.94. The molecule has 17 heavy (non-hydrogen) atoms. The highest BCUT2D eigenvalue weighted by atomic mass is 16.2. The quantitative estimate of drug-likeness (QED) is 0.783. The molecule has 94 valence electrons. The molecule has 1 unspecified atom stereocenters. The first kappa shape index (κ1) is 12.1. The van der Waals surface area contributed by atoms with Gasteiger partial charge in [-0.25, -0.2) is 4.98 Å². The van der Waals surface area contributed by atoms with Crippen molar-refractivity contribution in [2.75, 3.05) is 13.1 Å². The molecule has 2 heterocycles. The molecule has 0 radical (unpaired) electrons. The Morgan fingerprint density at radius 2 is 2.29 bits per heavy atom. The van der Waals surface area contributed by atoms with Crippen LogP contribution in [0.1, 0.15) is 31.2 Å². The lowest BCUT2D eigenvalue weighted by atomic mass is 10.0. The van der Waals surface area contributed by atoms with E-state index in [-0.39, 0.29) is 5.91 Å². The van der Waals surface area contributed by atoms with E-state index in [0.717, 1.165) is 30.9 Å². The van der Waals surface area contributed by atoms with Crippen molar-refractivity contribution < 1.29 is 4.79 Å². The molecule has 0 saturated carbocycles. The molecule has 1 saturated heterocycles. The van der Waals surface area contributed by atoms with Gasteiger partial charge in [0.1, 0.15) is 6.54 Å². The Hall–Kier alpha value is -1.32. The maximum absolute atomic E-state index is 12.2. The molecule has 1 aliphatic rings. The number of aryl methyl sites for hydroxylation is 1. The van der Waals surface area contributed by atoms with Crippen molar-refractivity contribution in [2.24, 2.45) is 5.92 Å². The predicted octanol–water partition coefficient (Wildman–Crippen LogP) is 1.76. The molecule has 1 aromatic heterocycles. The molecule has 0 N–H and O–H groups in total. The second kappa shape index (κ2) is 4.90. The van der Waals surface area contributed by atoms with Gasteiger partial charge in [0.25, 0.3) is 0 Å². The van der Waals surface area contributed by atoms with Crippen molar-refractivity contribution in [3.05, 3.63) is 17.7 Å². The summed E-state index contributed by atoms with van der Waals surface area (Å²) in [5, 5.41) is 0. The zero-order valence-corrected chi connectivity index (χ0v) is 10.9. The van der Waals surface area contributed by atoms with Crippen LogP contribution < -0.4 is 0 Å². The summed E-state index contributed by atoms with van der Waals surface area (Å²) >= 11 is 0. The molecule has 0 spiro atoms. The number of hydrogen-bond acceptors (Lipinski definition) is 2. The molecule has 1 fully saturated rings. The largest absolute Gasteiger partial charge is 0.341 e. The molecule has 1 aliphatic heterocycles. The van der Waals surface area contributed by atoms with E-state index >= 15 is 0 Å². The number of amides is 1. The minimum absolute atomic E-state index is 0.219. The number of likely N-dealkylation sites (tertiary alicyclic amines) is 1. The van der Waals surface area contributed by atoms with Crippen LogP contribution >= 0.6 is 0 Å². The summed E-state index contributed by atoms with van der Waals surface area (Å²) in [6.45, 7) is 8.45. The molecular formula is C13H21N3O. The van der Waals surface area contributed by atoms with Crippen molar-refractivity contribution in [1.82, 2.24) is 14.5 Å². The lowest BCUT2D eigenvalue weighted by molar-refractivity contribution is -0.133. The summed E-state index contributed by atoms with van der Waals surface area (Å²) in [7, 11) is 0. The number of aromatic nitrogens is 2. The average Bonchev–Trinajstić information content (AvgIpc) is 2.61. The zero-order valence-electron chi connectivity index (χ0n) is 10.9. The standard InChI is InChI=1S/C13H21N3O/c1-10-5-4-6-15(7-10)13(17)8-16-9-14-11(2)12(16)3/h9-10H,4-8H2,1-3H3. The SMILES string of the molecule is Cc1ncn(CC(=O)N2CCCC(C)C2)c1C. The van der Waals surface area contributed by atoms with Gasteiger partial charge in [-0.3, -0.25) is 4.79 Å². The molecule has 1 atom stereocenters. The van der Waals surface area contributed by atoms with Gasteiger partial charge < -0.3 is 9.47 Å². The fraction of sp³-hybridized carbons (Fsp3) is 0.692. The Morgan fingerprint density at radius 1 is 1.53 bits per heavy atom. The van der Waals surface area contributed by atoms with Crippen molar-refractivity contribution in [1.29, 1.82) is 0 Å². The Kier molecular flexibility index (Phi) is 3.50. The molecule has 4 nitrogen and oxygen atoms in total. The van der Waals surface area contributed by atoms with Crippen LogP contribution in [0.3, 0.4) is 0 Å². The smallest absolute Gasteiger partial charge is 0.242 e. The van der Waals surface area contributed by atoms with E-state index in [1.54, 1.807) is 6.33 Å². The summed E-state index contributed by atoms with van der Waals surface area (Å²) in [6.07, 6.45) is 4.14. The average molecular weight is 235 g/mol. The van der Waals surface area contributed by atoms with Gasteiger partial charge in [-0.1, -0.05) is 6.92 Å². The van der Waals surface area contributed by atoms with Crippen LogP contribution in [-0.2, 0) is 11.3 Å². The van der Waals surface area contributed by atoms with Gasteiger partial charge in [0, 0.05) is 18.8 Å². The van der Waals surface area contributed by atoms with Gasteiger partial charge in [0.15, 0.2) is 0 Å². The summed E-state index contributed by atoms with van der Waals surface area (Å²) in [5.41, 5.74) is 2.09. The summed E-state index contributed by atoms with van der Waals surface area (Å²) in [4.78, 5) is 18.4. The maximum Gasteiger partial charge on any atom is 0.242 e. The fourth-order valence-corrected chi connectivity index (χ4v) is 2.37. The van der Waals surface area contributed by atoms with E-state index in [0.29, 0.717) is 12.5 Å². The van der Waals surface area contributed by atoms with E-state index in [4.69, 9.17) is 0 Å². The van der Waals surface area contributed by atoms with Crippen molar-refractivity contribution in [3.8, 4) is 0 Å². The fourth-order valence-electron chi connectivity index (χ4n) is 2.37. The van der Waals surface area contributed by atoms with Crippen LogP contribution in [0.4, 0.5) is 0 Å². The summed E-state index contributed by atoms with van der Waals surface area (Å²) in [5.74, 6) is 0.857. The van der Waals surface area contributed by atoms with E-state index in [2.05, 4.69) is 11.9 Å². The monoisotopic (exact) mass is 235 g/mol. The van der Waals surface area contributed by atoms with E-state index in [1.165, 1.54) is 6.42 Å². The van der Waals surface area contributed by atoms with Crippen molar-refractivity contribution >= 4 is 5.91 Å². The first-order valence-corrected chi connectivity index (χ1v) is 6.34. The minimum Gasteiger partial charge on any atom is -0.341 e. The second-order valence-electron chi connectivity index (χ2n) is 5.13. The normalized spacial score (nSPS) is 20.6. The maximum atomic E-state index is 12.2. The molecular weight excluding hydrogens is 214 g/mol. The highest BCUT2D eigenvalue weighted by molar-refractivity contribution is 5.76. The van der Waals surface area contributed by atoms with Gasteiger partial charge >= 0.3 is 0 Å². The number of nitrogens with zero attached hydrogens (tertiary/aromatic N) is 3. The second-order valence-corrected chi connectivity index (χ2v) is 5.13. The van der Waals surface area contributed by atoms with Crippen LogP contribution in [0.2, 0.25) is 0 Å². The van der Waals surface area contributed by atoms with Crippen molar-refractivity contribution in [2.45, 2.75) is 40.2 Å². The third kappa shape index (κ3) is 2.68.